The van der Waals surface area contributed by atoms with E-state index in [4.69, 9.17) is 9.90 Å². The molecule has 36 heavy (non-hydrogen) atoms. The van der Waals surface area contributed by atoms with E-state index in [1.165, 1.54) is 55.3 Å². The van der Waals surface area contributed by atoms with Crippen molar-refractivity contribution in [2.24, 2.45) is 0 Å². The van der Waals surface area contributed by atoms with Gasteiger partial charge in [-0.15, -0.1) is 0 Å². The lowest BCUT2D eigenvalue weighted by molar-refractivity contribution is -0.192. The Hall–Kier alpha value is -2.91. The molecule has 198 valence electrons. The third kappa shape index (κ3) is 10.4. The van der Waals surface area contributed by atoms with Gasteiger partial charge in [0.2, 0.25) is 0 Å². The predicted molar refractivity (Wildman–Crippen MR) is 133 cm³/mol. The van der Waals surface area contributed by atoms with Crippen LogP contribution in [0.5, 0.6) is 0 Å². The van der Waals surface area contributed by atoms with Crippen LogP contribution in [0.4, 0.5) is 13.2 Å². The predicted octanol–water partition coefficient (Wildman–Crippen LogP) is 4.71. The number of rotatable bonds is 10. The zero-order valence-electron chi connectivity index (χ0n) is 20.8. The molecule has 0 bridgehead atoms. The standard InChI is InChI=1S/C25H34N2O2.C2HF3O2/c1-20-5-4-17-27(20)18-15-22-9-13-24(14-10-22)23-11-7-21(8-12-23)6-3-16-26-19-25(28)29-2;3-2(4,5)1(6)7/h7-14,20,26H,3-6,15-19H2,1-2H3;(H,6,7)/t20-;/m1./s1. The number of likely N-dealkylation sites (tertiary alicyclic amines) is 1. The minimum absolute atomic E-state index is 0.217. The van der Waals surface area contributed by atoms with Crippen molar-refractivity contribution in [3.63, 3.8) is 0 Å². The average molecular weight is 509 g/mol. The van der Waals surface area contributed by atoms with Crippen LogP contribution < -0.4 is 5.32 Å². The first-order valence-electron chi connectivity index (χ1n) is 12.1. The molecule has 9 heteroatoms. The van der Waals surface area contributed by atoms with E-state index in [1.807, 2.05) is 0 Å². The number of carboxylic acids is 1. The maximum Gasteiger partial charge on any atom is 0.490 e. The average Bonchev–Trinajstić information content (AvgIpc) is 3.27. The zero-order valence-corrected chi connectivity index (χ0v) is 20.8. The summed E-state index contributed by atoms with van der Waals surface area (Å²) in [5.74, 6) is -2.97. The van der Waals surface area contributed by atoms with Crippen LogP contribution in [-0.4, -0.2) is 67.5 Å². The number of esters is 1. The molecule has 2 N–H and O–H groups in total. The Morgan fingerprint density at radius 3 is 2.00 bits per heavy atom. The van der Waals surface area contributed by atoms with Gasteiger partial charge in [-0.25, -0.2) is 4.79 Å². The number of halogens is 3. The van der Waals surface area contributed by atoms with Crippen LogP contribution in [0.15, 0.2) is 48.5 Å². The van der Waals surface area contributed by atoms with E-state index in [2.05, 4.69) is 70.4 Å². The van der Waals surface area contributed by atoms with E-state index in [0.717, 1.165) is 31.8 Å². The van der Waals surface area contributed by atoms with Crippen molar-refractivity contribution in [3.8, 4) is 11.1 Å². The Kier molecular flexibility index (Phi) is 11.9. The van der Waals surface area contributed by atoms with Crippen molar-refractivity contribution in [2.45, 2.75) is 51.2 Å². The van der Waals surface area contributed by atoms with Gasteiger partial charge >= 0.3 is 18.1 Å². The van der Waals surface area contributed by atoms with Crippen LogP contribution >= 0.6 is 0 Å². The Labute approximate surface area is 210 Å². The summed E-state index contributed by atoms with van der Waals surface area (Å²) in [4.78, 5) is 22.6. The molecule has 0 aliphatic carbocycles. The molecule has 1 saturated heterocycles. The Morgan fingerprint density at radius 2 is 1.56 bits per heavy atom. The lowest BCUT2D eigenvalue weighted by Crippen LogP contribution is -2.28. The SMILES string of the molecule is COC(=O)CNCCCc1ccc(-c2ccc(CCN3CCC[C@H]3C)cc2)cc1.O=C(O)C(F)(F)F. The molecule has 1 heterocycles. The Balaban J connectivity index is 0.000000572. The number of ether oxygens (including phenoxy) is 1. The largest absolute Gasteiger partial charge is 0.490 e. The molecule has 2 aromatic carbocycles. The summed E-state index contributed by atoms with van der Waals surface area (Å²) in [7, 11) is 1.41. The van der Waals surface area contributed by atoms with Crippen molar-refractivity contribution in [3.05, 3.63) is 59.7 Å². The number of alkyl halides is 3. The van der Waals surface area contributed by atoms with Crippen LogP contribution in [-0.2, 0) is 27.2 Å². The second kappa shape index (κ2) is 14.6. The van der Waals surface area contributed by atoms with Gasteiger partial charge in [0.05, 0.1) is 13.7 Å². The molecule has 2 aromatic rings. The maximum atomic E-state index is 11.1. The van der Waals surface area contributed by atoms with Crippen molar-refractivity contribution >= 4 is 11.9 Å². The van der Waals surface area contributed by atoms with Crippen LogP contribution in [0, 0.1) is 0 Å². The number of benzene rings is 2. The number of aliphatic carboxylic acids is 1. The molecule has 1 fully saturated rings. The second-order valence-electron chi connectivity index (χ2n) is 8.83. The summed E-state index contributed by atoms with van der Waals surface area (Å²) in [6.45, 7) is 5.87. The fourth-order valence-corrected chi connectivity index (χ4v) is 4.01. The first kappa shape index (κ1) is 29.3. The molecule has 3 rings (SSSR count). The number of nitrogens with zero attached hydrogens (tertiary/aromatic N) is 1. The first-order valence-corrected chi connectivity index (χ1v) is 12.1. The van der Waals surface area contributed by atoms with Crippen LogP contribution in [0.2, 0.25) is 0 Å². The summed E-state index contributed by atoms with van der Waals surface area (Å²) in [5, 5.41) is 10.2. The van der Waals surface area contributed by atoms with Crippen molar-refractivity contribution in [2.75, 3.05) is 33.3 Å². The van der Waals surface area contributed by atoms with Gasteiger partial charge in [-0.3, -0.25) is 4.79 Å². The highest BCUT2D eigenvalue weighted by Crippen LogP contribution is 2.22. The second-order valence-corrected chi connectivity index (χ2v) is 8.83. The summed E-state index contributed by atoms with van der Waals surface area (Å²) in [6, 6.07) is 18.6. The monoisotopic (exact) mass is 508 g/mol. The highest BCUT2D eigenvalue weighted by atomic mass is 19.4. The van der Waals surface area contributed by atoms with Crippen LogP contribution in [0.3, 0.4) is 0 Å². The molecule has 0 saturated carbocycles. The third-order valence-corrected chi connectivity index (χ3v) is 6.18. The number of carboxylic acid groups (broad SMARTS) is 1. The number of carbonyl (C=O) groups is 2. The van der Waals surface area contributed by atoms with Gasteiger partial charge in [-0.05, 0) is 74.4 Å². The quantitative estimate of drug-likeness (QED) is 0.358. The molecule has 6 nitrogen and oxygen atoms in total. The number of hydrogen-bond donors (Lipinski definition) is 2. The Bertz CT molecular complexity index is 947. The van der Waals surface area contributed by atoms with Crippen molar-refractivity contribution in [1.82, 2.24) is 10.2 Å². The molecule has 1 aliphatic rings. The summed E-state index contributed by atoms with van der Waals surface area (Å²) >= 11 is 0. The normalized spacial score (nSPS) is 15.8. The van der Waals surface area contributed by atoms with E-state index < -0.39 is 12.1 Å². The van der Waals surface area contributed by atoms with E-state index in [-0.39, 0.29) is 12.5 Å². The zero-order chi connectivity index (χ0) is 26.6. The van der Waals surface area contributed by atoms with E-state index in [1.54, 1.807) is 0 Å². The van der Waals surface area contributed by atoms with Crippen molar-refractivity contribution in [1.29, 1.82) is 0 Å². The lowest BCUT2D eigenvalue weighted by Gasteiger charge is -2.20. The van der Waals surface area contributed by atoms with Gasteiger partial charge in [-0.1, -0.05) is 48.5 Å². The molecule has 1 aliphatic heterocycles. The highest BCUT2D eigenvalue weighted by Gasteiger charge is 2.38. The molecule has 1 atom stereocenters. The van der Waals surface area contributed by atoms with Gasteiger partial charge in [-0.2, -0.15) is 13.2 Å². The van der Waals surface area contributed by atoms with Crippen LogP contribution in [0.1, 0.15) is 37.3 Å². The topological polar surface area (TPSA) is 78.9 Å². The molecular formula is C27H35F3N2O4. The van der Waals surface area contributed by atoms with E-state index in [9.17, 15) is 18.0 Å². The molecular weight excluding hydrogens is 473 g/mol. The van der Waals surface area contributed by atoms with E-state index >= 15 is 0 Å². The van der Waals surface area contributed by atoms with Gasteiger partial charge < -0.3 is 20.1 Å². The minimum Gasteiger partial charge on any atom is -0.475 e. The fourth-order valence-electron chi connectivity index (χ4n) is 4.01. The van der Waals surface area contributed by atoms with E-state index in [0.29, 0.717) is 0 Å². The Morgan fingerprint density at radius 1 is 1.03 bits per heavy atom. The number of nitrogens with one attached hydrogen (secondary N) is 1. The summed E-state index contributed by atoms with van der Waals surface area (Å²) < 4.78 is 36.4. The third-order valence-electron chi connectivity index (χ3n) is 6.18. The van der Waals surface area contributed by atoms with Gasteiger partial charge in [0, 0.05) is 12.6 Å². The summed E-state index contributed by atoms with van der Waals surface area (Å²) in [5.41, 5.74) is 5.28. The number of aryl methyl sites for hydroxylation is 1. The lowest BCUT2D eigenvalue weighted by atomic mass is 10.0. The molecule has 0 radical (unpaired) electrons. The first-order chi connectivity index (χ1) is 17.1. The van der Waals surface area contributed by atoms with Crippen LogP contribution in [0.25, 0.3) is 11.1 Å². The highest BCUT2D eigenvalue weighted by molar-refractivity contribution is 5.73. The molecule has 0 spiro atoms. The minimum atomic E-state index is -5.08. The smallest absolute Gasteiger partial charge is 0.475 e. The number of carbonyl (C=O) groups excluding carboxylic acids is 1. The van der Waals surface area contributed by atoms with Gasteiger partial charge in [0.1, 0.15) is 0 Å². The van der Waals surface area contributed by atoms with Gasteiger partial charge in [0.25, 0.3) is 0 Å². The number of methoxy groups -OCH3 is 1. The fraction of sp³-hybridized carbons (Fsp3) is 0.481. The molecule has 0 aromatic heterocycles. The molecule has 0 unspecified atom stereocenters. The summed E-state index contributed by atoms with van der Waals surface area (Å²) in [6.07, 6.45) is 0.746. The molecule has 0 amide bonds. The maximum absolute atomic E-state index is 11.1. The number of hydrogen-bond acceptors (Lipinski definition) is 5. The van der Waals surface area contributed by atoms with Gasteiger partial charge in [0.15, 0.2) is 0 Å². The van der Waals surface area contributed by atoms with Crippen molar-refractivity contribution < 1.29 is 32.6 Å².